The minimum absolute atomic E-state index is 0.395. The maximum atomic E-state index is 10.6. The molecule has 0 aliphatic carbocycles. The summed E-state index contributed by atoms with van der Waals surface area (Å²) < 4.78 is 5.32. The first-order valence-corrected chi connectivity index (χ1v) is 6.36. The maximum absolute atomic E-state index is 10.6. The van der Waals surface area contributed by atoms with Gasteiger partial charge in [0.1, 0.15) is 12.0 Å². The van der Waals surface area contributed by atoms with Gasteiger partial charge in [-0.15, -0.1) is 0 Å². The average Bonchev–Trinajstić information content (AvgIpc) is 2.77. The van der Waals surface area contributed by atoms with E-state index < -0.39 is 0 Å². The third kappa shape index (κ3) is 2.94. The van der Waals surface area contributed by atoms with Crippen LogP contribution in [0.2, 0.25) is 0 Å². The minimum Gasteiger partial charge on any atom is -0.448 e. The first-order valence-electron chi connectivity index (χ1n) is 6.36. The van der Waals surface area contributed by atoms with Gasteiger partial charge in [0.05, 0.1) is 0 Å². The molecule has 2 rings (SSSR count). The second-order valence-corrected chi connectivity index (χ2v) is 4.97. The van der Waals surface area contributed by atoms with Crippen LogP contribution in [0.4, 0.5) is 0 Å². The molecule has 1 aromatic heterocycles. The van der Waals surface area contributed by atoms with E-state index in [0.717, 1.165) is 19.3 Å². The molecule has 4 heteroatoms. The zero-order valence-corrected chi connectivity index (χ0v) is 10.6. The van der Waals surface area contributed by atoms with Crippen molar-refractivity contribution in [2.75, 3.05) is 6.54 Å². The van der Waals surface area contributed by atoms with Crippen LogP contribution in [0.15, 0.2) is 10.7 Å². The van der Waals surface area contributed by atoms with Crippen LogP contribution >= 0.6 is 0 Å². The van der Waals surface area contributed by atoms with Crippen molar-refractivity contribution in [3.63, 3.8) is 0 Å². The number of aromatic nitrogens is 1. The number of rotatable bonds is 4. The Hall–Kier alpha value is -1.16. The molecule has 1 aromatic rings. The van der Waals surface area contributed by atoms with E-state index in [1.54, 1.807) is 0 Å². The van der Waals surface area contributed by atoms with Gasteiger partial charge in [-0.2, -0.15) is 0 Å². The van der Waals surface area contributed by atoms with Gasteiger partial charge in [-0.05, 0) is 33.2 Å². The minimum atomic E-state index is 0.395. The zero-order chi connectivity index (χ0) is 12.3. The highest BCUT2D eigenvalue weighted by Crippen LogP contribution is 2.22. The second-order valence-electron chi connectivity index (χ2n) is 4.97. The zero-order valence-electron chi connectivity index (χ0n) is 10.6. The lowest BCUT2D eigenvalue weighted by molar-refractivity contribution is 0.106. The van der Waals surface area contributed by atoms with Gasteiger partial charge in [-0.1, -0.05) is 6.42 Å². The summed E-state index contributed by atoms with van der Waals surface area (Å²) in [6, 6.07) is 1.06. The number of oxazole rings is 1. The molecule has 0 radical (unpaired) electrons. The predicted molar refractivity (Wildman–Crippen MR) is 65.1 cm³/mol. The van der Waals surface area contributed by atoms with Gasteiger partial charge < -0.3 is 4.42 Å². The van der Waals surface area contributed by atoms with Crippen LogP contribution in [0.25, 0.3) is 0 Å². The normalized spacial score (nSPS) is 21.9. The summed E-state index contributed by atoms with van der Waals surface area (Å²) in [5, 5.41) is 0. The van der Waals surface area contributed by atoms with E-state index in [1.165, 1.54) is 25.5 Å². The Morgan fingerprint density at radius 1 is 1.59 bits per heavy atom. The van der Waals surface area contributed by atoms with E-state index in [-0.39, 0.29) is 0 Å². The molecule has 1 aliphatic heterocycles. The molecule has 1 fully saturated rings. The van der Waals surface area contributed by atoms with Crippen molar-refractivity contribution in [3.8, 4) is 0 Å². The number of aldehydes is 1. The molecule has 0 saturated carbocycles. The molecule has 94 valence electrons. The Morgan fingerprint density at radius 2 is 2.41 bits per heavy atom. The quantitative estimate of drug-likeness (QED) is 0.752. The summed E-state index contributed by atoms with van der Waals surface area (Å²) in [4.78, 5) is 17.2. The number of nitrogens with zero attached hydrogens (tertiary/aromatic N) is 2. The molecule has 0 N–H and O–H groups in total. The second kappa shape index (κ2) is 5.45. The van der Waals surface area contributed by atoms with Crippen molar-refractivity contribution >= 4 is 6.29 Å². The van der Waals surface area contributed by atoms with E-state index in [9.17, 15) is 4.79 Å². The highest BCUT2D eigenvalue weighted by atomic mass is 16.3. The Kier molecular flexibility index (Phi) is 3.94. The lowest BCUT2D eigenvalue weighted by Crippen LogP contribution is -2.45. The lowest BCUT2D eigenvalue weighted by Gasteiger charge is -2.38. The molecule has 0 aromatic carbocycles. The molecule has 0 bridgehead atoms. The number of hydrogen-bond acceptors (Lipinski definition) is 4. The first-order chi connectivity index (χ1) is 8.20. The van der Waals surface area contributed by atoms with Gasteiger partial charge in [-0.25, -0.2) is 4.98 Å². The SMILES string of the molecule is CC(C)N1CCCCC1Cc1nc(C=O)co1. The Labute approximate surface area is 102 Å². The van der Waals surface area contributed by atoms with E-state index in [4.69, 9.17) is 4.42 Å². The standard InChI is InChI=1S/C13H20N2O2/c1-10(2)15-6-4-3-5-12(15)7-13-14-11(8-16)9-17-13/h8-10,12H,3-7H2,1-2H3. The van der Waals surface area contributed by atoms with Crippen LogP contribution in [0.5, 0.6) is 0 Å². The van der Waals surface area contributed by atoms with Crippen molar-refractivity contribution in [3.05, 3.63) is 17.8 Å². The van der Waals surface area contributed by atoms with Crippen LogP contribution in [-0.4, -0.2) is 34.8 Å². The smallest absolute Gasteiger partial charge is 0.196 e. The van der Waals surface area contributed by atoms with Gasteiger partial charge in [0.15, 0.2) is 12.2 Å². The van der Waals surface area contributed by atoms with Crippen LogP contribution < -0.4 is 0 Å². The average molecular weight is 236 g/mol. The summed E-state index contributed by atoms with van der Waals surface area (Å²) in [5.41, 5.74) is 0.395. The van der Waals surface area contributed by atoms with Crippen LogP contribution in [0.1, 0.15) is 49.5 Å². The maximum Gasteiger partial charge on any atom is 0.196 e. The fourth-order valence-electron chi connectivity index (χ4n) is 2.60. The highest BCUT2D eigenvalue weighted by molar-refractivity contribution is 5.70. The Bertz CT molecular complexity index is 373. The van der Waals surface area contributed by atoms with Crippen LogP contribution in [0.3, 0.4) is 0 Å². The summed E-state index contributed by atoms with van der Waals surface area (Å²) in [7, 11) is 0. The third-order valence-corrected chi connectivity index (χ3v) is 3.44. The highest BCUT2D eigenvalue weighted by Gasteiger charge is 2.25. The van der Waals surface area contributed by atoms with Crippen molar-refractivity contribution in [2.24, 2.45) is 0 Å². The number of likely N-dealkylation sites (tertiary alicyclic amines) is 1. The molecule has 4 nitrogen and oxygen atoms in total. The molecular weight excluding hydrogens is 216 g/mol. The van der Waals surface area contributed by atoms with Crippen molar-refractivity contribution < 1.29 is 9.21 Å². The molecule has 17 heavy (non-hydrogen) atoms. The number of piperidine rings is 1. The van der Waals surface area contributed by atoms with Crippen LogP contribution in [-0.2, 0) is 6.42 Å². The molecule has 1 aliphatic rings. The molecule has 1 atom stereocenters. The largest absolute Gasteiger partial charge is 0.448 e. The fraction of sp³-hybridized carbons (Fsp3) is 0.692. The topological polar surface area (TPSA) is 46.3 Å². The number of carbonyl (C=O) groups excluding carboxylic acids is 1. The molecule has 1 saturated heterocycles. The van der Waals surface area contributed by atoms with Gasteiger partial charge in [0.25, 0.3) is 0 Å². The molecule has 0 spiro atoms. The summed E-state index contributed by atoms with van der Waals surface area (Å²) >= 11 is 0. The summed E-state index contributed by atoms with van der Waals surface area (Å²) in [6.45, 7) is 5.61. The monoisotopic (exact) mass is 236 g/mol. The number of hydrogen-bond donors (Lipinski definition) is 0. The van der Waals surface area contributed by atoms with Gasteiger partial charge in [0.2, 0.25) is 0 Å². The van der Waals surface area contributed by atoms with E-state index in [0.29, 0.717) is 23.7 Å². The first kappa shape index (κ1) is 12.3. The van der Waals surface area contributed by atoms with Gasteiger partial charge >= 0.3 is 0 Å². The fourth-order valence-corrected chi connectivity index (χ4v) is 2.60. The summed E-state index contributed by atoms with van der Waals surface area (Å²) in [6.07, 6.45) is 6.72. The Balaban J connectivity index is 2.02. The number of carbonyl (C=O) groups is 1. The molecule has 2 heterocycles. The third-order valence-electron chi connectivity index (χ3n) is 3.44. The van der Waals surface area contributed by atoms with Crippen molar-refractivity contribution in [2.45, 2.75) is 51.6 Å². The van der Waals surface area contributed by atoms with Gasteiger partial charge in [0, 0.05) is 18.5 Å². The van der Waals surface area contributed by atoms with Crippen LogP contribution in [0, 0.1) is 0 Å². The lowest BCUT2D eigenvalue weighted by atomic mass is 9.98. The van der Waals surface area contributed by atoms with E-state index in [2.05, 4.69) is 23.7 Å². The predicted octanol–water partition coefficient (Wildman–Crippen LogP) is 2.29. The van der Waals surface area contributed by atoms with Gasteiger partial charge in [-0.3, -0.25) is 9.69 Å². The Morgan fingerprint density at radius 3 is 3.06 bits per heavy atom. The van der Waals surface area contributed by atoms with E-state index >= 15 is 0 Å². The van der Waals surface area contributed by atoms with Crippen molar-refractivity contribution in [1.29, 1.82) is 0 Å². The molecule has 0 amide bonds. The van der Waals surface area contributed by atoms with E-state index in [1.807, 2.05) is 0 Å². The molecular formula is C13H20N2O2. The molecule has 1 unspecified atom stereocenters. The summed E-state index contributed by atoms with van der Waals surface area (Å²) in [5.74, 6) is 0.685. The van der Waals surface area contributed by atoms with Crippen molar-refractivity contribution in [1.82, 2.24) is 9.88 Å².